The zero-order valence-corrected chi connectivity index (χ0v) is 12.5. The lowest BCUT2D eigenvalue weighted by molar-refractivity contribution is -0.153. The van der Waals surface area contributed by atoms with Crippen molar-refractivity contribution in [3.63, 3.8) is 0 Å². The van der Waals surface area contributed by atoms with E-state index in [4.69, 9.17) is 9.15 Å². The van der Waals surface area contributed by atoms with Crippen molar-refractivity contribution in [2.45, 2.75) is 32.7 Å². The van der Waals surface area contributed by atoms with E-state index in [1.165, 1.54) is 11.0 Å². The van der Waals surface area contributed by atoms with Gasteiger partial charge in [-0.1, -0.05) is 6.07 Å². The highest BCUT2D eigenvalue weighted by molar-refractivity contribution is 5.99. The maximum atomic E-state index is 12.6. The van der Waals surface area contributed by atoms with Gasteiger partial charge in [0.05, 0.1) is 12.2 Å². The minimum Gasteiger partial charge on any atom is -0.479 e. The van der Waals surface area contributed by atoms with Gasteiger partial charge in [0, 0.05) is 0 Å². The van der Waals surface area contributed by atoms with Crippen LogP contribution < -0.4 is 9.64 Å². The van der Waals surface area contributed by atoms with Gasteiger partial charge in [-0.15, -0.1) is 0 Å². The maximum absolute atomic E-state index is 12.6. The number of nitrogens with zero attached hydrogens (tertiary/aromatic N) is 1. The summed E-state index contributed by atoms with van der Waals surface area (Å²) in [6.45, 7) is 3.37. The number of furan rings is 1. The van der Waals surface area contributed by atoms with Crippen LogP contribution in [-0.2, 0) is 17.5 Å². The number of hydrogen-bond donors (Lipinski definition) is 0. The Labute approximate surface area is 130 Å². The van der Waals surface area contributed by atoms with E-state index in [0.717, 1.165) is 11.6 Å². The first-order valence-electron chi connectivity index (χ1n) is 7.00. The molecule has 1 aliphatic rings. The summed E-state index contributed by atoms with van der Waals surface area (Å²) in [5.74, 6) is -0.823. The van der Waals surface area contributed by atoms with Crippen molar-refractivity contribution < 1.29 is 27.1 Å². The van der Waals surface area contributed by atoms with Crippen molar-refractivity contribution in [2.75, 3.05) is 4.90 Å². The zero-order chi connectivity index (χ0) is 16.8. The quantitative estimate of drug-likeness (QED) is 0.840. The minimum atomic E-state index is -4.55. The first-order valence-corrected chi connectivity index (χ1v) is 7.00. The second kappa shape index (κ2) is 5.33. The fourth-order valence-corrected chi connectivity index (χ4v) is 2.45. The van der Waals surface area contributed by atoms with Gasteiger partial charge in [-0.05, 0) is 43.7 Å². The number of ether oxygens (including phenoxy) is 1. The van der Waals surface area contributed by atoms with Gasteiger partial charge in [0.25, 0.3) is 5.91 Å². The lowest BCUT2D eigenvalue weighted by Crippen LogP contribution is -2.43. The summed E-state index contributed by atoms with van der Waals surface area (Å²) in [6.07, 6.45) is -5.25. The van der Waals surface area contributed by atoms with Gasteiger partial charge < -0.3 is 9.15 Å². The number of amides is 1. The Hall–Kier alpha value is -2.44. The van der Waals surface area contributed by atoms with Gasteiger partial charge in [-0.3, -0.25) is 9.69 Å². The molecule has 7 heteroatoms. The van der Waals surface area contributed by atoms with Crippen LogP contribution in [0.25, 0.3) is 0 Å². The standard InChI is InChI=1S/C16H14F3NO3/c1-9-3-5-13-12(7-9)20(15(21)10(2)22-13)8-11-4-6-14(23-11)16(17,18)19/h3-7,10H,8H2,1-2H3. The molecule has 0 fully saturated rings. The third-order valence-corrected chi connectivity index (χ3v) is 3.58. The van der Waals surface area contributed by atoms with Crippen LogP contribution >= 0.6 is 0 Å². The van der Waals surface area contributed by atoms with Gasteiger partial charge in [0.1, 0.15) is 11.5 Å². The van der Waals surface area contributed by atoms with Gasteiger partial charge in [-0.2, -0.15) is 13.2 Å². The van der Waals surface area contributed by atoms with Crippen molar-refractivity contribution in [1.82, 2.24) is 0 Å². The summed E-state index contributed by atoms with van der Waals surface area (Å²) in [6, 6.07) is 7.43. The maximum Gasteiger partial charge on any atom is 0.449 e. The number of carbonyl (C=O) groups is 1. The van der Waals surface area contributed by atoms with Crippen LogP contribution in [0.15, 0.2) is 34.7 Å². The third kappa shape index (κ3) is 2.91. The first kappa shape index (κ1) is 15.5. The van der Waals surface area contributed by atoms with E-state index in [2.05, 4.69) is 0 Å². The summed E-state index contributed by atoms with van der Waals surface area (Å²) < 4.78 is 48.2. The van der Waals surface area contributed by atoms with Crippen LogP contribution in [-0.4, -0.2) is 12.0 Å². The highest BCUT2D eigenvalue weighted by atomic mass is 19.4. The number of hydrogen-bond acceptors (Lipinski definition) is 3. The first-order chi connectivity index (χ1) is 10.8. The fraction of sp³-hybridized carbons (Fsp3) is 0.312. The molecule has 1 unspecified atom stereocenters. The summed E-state index contributed by atoms with van der Waals surface area (Å²) >= 11 is 0. The zero-order valence-electron chi connectivity index (χ0n) is 12.5. The monoisotopic (exact) mass is 325 g/mol. The molecule has 0 saturated heterocycles. The van der Waals surface area contributed by atoms with E-state index < -0.39 is 18.0 Å². The Morgan fingerprint density at radius 3 is 2.61 bits per heavy atom. The number of carbonyl (C=O) groups excluding carboxylic acids is 1. The topological polar surface area (TPSA) is 42.7 Å². The molecule has 4 nitrogen and oxygen atoms in total. The van der Waals surface area contributed by atoms with Crippen molar-refractivity contribution >= 4 is 11.6 Å². The molecule has 23 heavy (non-hydrogen) atoms. The lowest BCUT2D eigenvalue weighted by Gasteiger charge is -2.32. The molecule has 122 valence electrons. The molecule has 1 aromatic heterocycles. The normalized spacial score (nSPS) is 17.9. The van der Waals surface area contributed by atoms with Gasteiger partial charge in [-0.25, -0.2) is 0 Å². The molecule has 0 saturated carbocycles. The molecule has 0 N–H and O–H groups in total. The number of rotatable bonds is 2. The fourth-order valence-electron chi connectivity index (χ4n) is 2.45. The Morgan fingerprint density at radius 1 is 1.22 bits per heavy atom. The number of fused-ring (bicyclic) bond motifs is 1. The Balaban J connectivity index is 1.94. The van der Waals surface area contributed by atoms with Crippen molar-refractivity contribution in [2.24, 2.45) is 0 Å². The molecule has 1 amide bonds. The molecule has 1 aliphatic heterocycles. The number of alkyl halides is 3. The van der Waals surface area contributed by atoms with E-state index in [9.17, 15) is 18.0 Å². The summed E-state index contributed by atoms with van der Waals surface area (Å²) in [7, 11) is 0. The molecule has 0 spiro atoms. The van der Waals surface area contributed by atoms with E-state index in [1.807, 2.05) is 13.0 Å². The summed E-state index contributed by atoms with van der Waals surface area (Å²) in [5, 5.41) is 0. The average molecular weight is 325 g/mol. The van der Waals surface area contributed by atoms with Crippen LogP contribution in [0.5, 0.6) is 5.75 Å². The Kier molecular flexibility index (Phi) is 3.58. The summed E-state index contributed by atoms with van der Waals surface area (Å²) in [4.78, 5) is 13.7. The lowest BCUT2D eigenvalue weighted by atomic mass is 10.1. The predicted octanol–water partition coefficient (Wildman–Crippen LogP) is 3.92. The van der Waals surface area contributed by atoms with Gasteiger partial charge >= 0.3 is 6.18 Å². The molecular weight excluding hydrogens is 311 g/mol. The van der Waals surface area contributed by atoms with Crippen molar-refractivity contribution in [3.05, 3.63) is 47.4 Å². The number of benzene rings is 1. The second-order valence-corrected chi connectivity index (χ2v) is 5.42. The molecule has 2 aromatic rings. The number of anilines is 1. The number of halogens is 3. The predicted molar refractivity (Wildman–Crippen MR) is 76.2 cm³/mol. The van der Waals surface area contributed by atoms with Crippen LogP contribution in [0.3, 0.4) is 0 Å². The second-order valence-electron chi connectivity index (χ2n) is 5.42. The van der Waals surface area contributed by atoms with E-state index in [-0.39, 0.29) is 18.2 Å². The average Bonchev–Trinajstić information content (AvgIpc) is 2.93. The Bertz CT molecular complexity index is 751. The molecule has 0 bridgehead atoms. The van der Waals surface area contributed by atoms with Crippen LogP contribution in [0.2, 0.25) is 0 Å². The number of aryl methyl sites for hydroxylation is 1. The highest BCUT2D eigenvalue weighted by Gasteiger charge is 2.36. The summed E-state index contributed by atoms with van der Waals surface area (Å²) in [5.41, 5.74) is 1.44. The SMILES string of the molecule is Cc1ccc2c(c1)N(Cc1ccc(C(F)(F)F)o1)C(=O)C(C)O2. The molecule has 1 atom stereocenters. The van der Waals surface area contributed by atoms with Crippen molar-refractivity contribution in [1.29, 1.82) is 0 Å². The van der Waals surface area contributed by atoms with E-state index in [0.29, 0.717) is 11.4 Å². The van der Waals surface area contributed by atoms with Crippen LogP contribution in [0.4, 0.5) is 18.9 Å². The largest absolute Gasteiger partial charge is 0.479 e. The minimum absolute atomic E-state index is 0.0623. The molecule has 1 aromatic carbocycles. The smallest absolute Gasteiger partial charge is 0.449 e. The van der Waals surface area contributed by atoms with Crippen molar-refractivity contribution in [3.8, 4) is 5.75 Å². The van der Waals surface area contributed by atoms with Crippen LogP contribution in [0.1, 0.15) is 24.0 Å². The molecular formula is C16H14F3NO3. The molecule has 0 aliphatic carbocycles. The van der Waals surface area contributed by atoms with Crippen LogP contribution in [0, 0.1) is 6.92 Å². The Morgan fingerprint density at radius 2 is 1.96 bits per heavy atom. The third-order valence-electron chi connectivity index (χ3n) is 3.58. The van der Waals surface area contributed by atoms with Gasteiger partial charge in [0.15, 0.2) is 6.10 Å². The molecule has 0 radical (unpaired) electrons. The molecule has 3 rings (SSSR count). The van der Waals surface area contributed by atoms with Gasteiger partial charge in [0.2, 0.25) is 5.76 Å². The van der Waals surface area contributed by atoms with E-state index in [1.54, 1.807) is 19.1 Å². The molecule has 2 heterocycles. The van der Waals surface area contributed by atoms with E-state index >= 15 is 0 Å². The highest BCUT2D eigenvalue weighted by Crippen LogP contribution is 2.37.